The van der Waals surface area contributed by atoms with Crippen molar-refractivity contribution in [2.24, 2.45) is 5.73 Å². The number of aryl methyl sites for hydroxylation is 2. The number of nitrogens with one attached hydrogen (secondary N) is 1. The molecule has 22 heavy (non-hydrogen) atoms. The SMILES string of the molecule is Cc1cccc(C)c1-n1nnnc1S[C@H](C)C(=O)NC(N)=O. The van der Waals surface area contributed by atoms with E-state index in [1.54, 1.807) is 11.6 Å². The van der Waals surface area contributed by atoms with Crippen molar-refractivity contribution < 1.29 is 9.59 Å². The largest absolute Gasteiger partial charge is 0.351 e. The van der Waals surface area contributed by atoms with Gasteiger partial charge in [0.05, 0.1) is 10.9 Å². The molecule has 0 saturated carbocycles. The molecule has 0 aliphatic rings. The van der Waals surface area contributed by atoms with Gasteiger partial charge in [0.15, 0.2) is 0 Å². The van der Waals surface area contributed by atoms with E-state index in [-0.39, 0.29) is 0 Å². The van der Waals surface area contributed by atoms with E-state index in [9.17, 15) is 9.59 Å². The zero-order chi connectivity index (χ0) is 16.3. The lowest BCUT2D eigenvalue weighted by Crippen LogP contribution is -2.39. The average Bonchev–Trinajstić information content (AvgIpc) is 2.86. The molecule has 2 aromatic rings. The fourth-order valence-electron chi connectivity index (χ4n) is 1.97. The minimum atomic E-state index is -0.883. The average molecular weight is 320 g/mol. The molecule has 8 nitrogen and oxygen atoms in total. The van der Waals surface area contributed by atoms with Gasteiger partial charge in [0.1, 0.15) is 0 Å². The number of nitrogens with zero attached hydrogens (tertiary/aromatic N) is 4. The Balaban J connectivity index is 2.27. The van der Waals surface area contributed by atoms with Crippen LogP contribution in [-0.2, 0) is 4.79 Å². The van der Waals surface area contributed by atoms with E-state index in [4.69, 9.17) is 5.73 Å². The second kappa shape index (κ2) is 6.56. The molecular formula is C13H16N6O2S. The molecule has 1 heterocycles. The summed E-state index contributed by atoms with van der Waals surface area (Å²) in [5, 5.41) is 13.5. The molecule has 1 atom stereocenters. The Morgan fingerprint density at radius 3 is 2.55 bits per heavy atom. The number of hydrogen-bond acceptors (Lipinski definition) is 6. The van der Waals surface area contributed by atoms with Crippen LogP contribution in [0, 0.1) is 13.8 Å². The van der Waals surface area contributed by atoms with E-state index in [1.807, 2.05) is 37.4 Å². The molecule has 0 saturated heterocycles. The Labute approximate surface area is 131 Å². The van der Waals surface area contributed by atoms with E-state index in [1.165, 1.54) is 0 Å². The maximum atomic E-state index is 11.8. The van der Waals surface area contributed by atoms with Crippen molar-refractivity contribution in [1.82, 2.24) is 25.5 Å². The number of primary amides is 1. The van der Waals surface area contributed by atoms with Crippen LogP contribution in [0.25, 0.3) is 5.69 Å². The maximum Gasteiger partial charge on any atom is 0.318 e. The Morgan fingerprint density at radius 1 is 1.32 bits per heavy atom. The monoisotopic (exact) mass is 320 g/mol. The Hall–Kier alpha value is -2.42. The Kier molecular flexibility index (Phi) is 4.76. The van der Waals surface area contributed by atoms with Crippen LogP contribution in [0.2, 0.25) is 0 Å². The minimum Gasteiger partial charge on any atom is -0.351 e. The molecule has 1 aromatic carbocycles. The molecule has 0 spiro atoms. The van der Waals surface area contributed by atoms with Crippen molar-refractivity contribution in [3.05, 3.63) is 29.3 Å². The molecule has 3 N–H and O–H groups in total. The van der Waals surface area contributed by atoms with Gasteiger partial charge in [-0.3, -0.25) is 10.1 Å². The molecule has 0 bridgehead atoms. The van der Waals surface area contributed by atoms with Crippen molar-refractivity contribution >= 4 is 23.7 Å². The van der Waals surface area contributed by atoms with Gasteiger partial charge in [-0.05, 0) is 42.3 Å². The molecular weight excluding hydrogens is 304 g/mol. The van der Waals surface area contributed by atoms with Gasteiger partial charge in [0.25, 0.3) is 0 Å². The topological polar surface area (TPSA) is 116 Å². The molecule has 0 aliphatic carbocycles. The summed E-state index contributed by atoms with van der Waals surface area (Å²) in [6.45, 7) is 5.57. The van der Waals surface area contributed by atoms with E-state index in [0.29, 0.717) is 5.16 Å². The number of amides is 3. The first kappa shape index (κ1) is 16.0. The molecule has 2 rings (SSSR count). The summed E-state index contributed by atoms with van der Waals surface area (Å²) in [4.78, 5) is 22.5. The quantitative estimate of drug-likeness (QED) is 0.810. The van der Waals surface area contributed by atoms with Gasteiger partial charge < -0.3 is 5.73 Å². The van der Waals surface area contributed by atoms with Crippen LogP contribution < -0.4 is 11.1 Å². The van der Waals surface area contributed by atoms with Crippen LogP contribution in [0.5, 0.6) is 0 Å². The number of tetrazole rings is 1. The molecule has 0 fully saturated rings. The number of para-hydroxylation sites is 1. The highest BCUT2D eigenvalue weighted by molar-refractivity contribution is 8.00. The molecule has 0 unspecified atom stereocenters. The van der Waals surface area contributed by atoms with Gasteiger partial charge in [-0.25, -0.2) is 4.79 Å². The number of aromatic nitrogens is 4. The number of carbonyl (C=O) groups is 2. The highest BCUT2D eigenvalue weighted by atomic mass is 32.2. The lowest BCUT2D eigenvalue weighted by molar-refractivity contribution is -0.119. The zero-order valence-corrected chi connectivity index (χ0v) is 13.2. The summed E-state index contributed by atoms with van der Waals surface area (Å²) in [6, 6.07) is 4.99. The molecule has 0 radical (unpaired) electrons. The van der Waals surface area contributed by atoms with Gasteiger partial charge in [0, 0.05) is 0 Å². The third-order valence-electron chi connectivity index (χ3n) is 2.99. The van der Waals surface area contributed by atoms with Crippen LogP contribution in [0.3, 0.4) is 0 Å². The predicted octanol–water partition coefficient (Wildman–Crippen LogP) is 0.955. The number of benzene rings is 1. The fourth-order valence-corrected chi connectivity index (χ4v) is 2.76. The van der Waals surface area contributed by atoms with Gasteiger partial charge >= 0.3 is 6.03 Å². The second-order valence-corrected chi connectivity index (χ2v) is 6.04. The highest BCUT2D eigenvalue weighted by Crippen LogP contribution is 2.26. The van der Waals surface area contributed by atoms with Crippen LogP contribution in [0.1, 0.15) is 18.1 Å². The lowest BCUT2D eigenvalue weighted by Gasteiger charge is -2.12. The summed E-state index contributed by atoms with van der Waals surface area (Å²) in [5.41, 5.74) is 7.85. The number of nitrogens with two attached hydrogens (primary N) is 1. The Morgan fingerprint density at radius 2 is 1.95 bits per heavy atom. The van der Waals surface area contributed by atoms with E-state index >= 15 is 0 Å². The lowest BCUT2D eigenvalue weighted by atomic mass is 10.1. The summed E-state index contributed by atoms with van der Waals surface area (Å²) in [5.74, 6) is -0.492. The minimum absolute atomic E-state index is 0.463. The number of rotatable bonds is 4. The highest BCUT2D eigenvalue weighted by Gasteiger charge is 2.21. The number of hydrogen-bond donors (Lipinski definition) is 2. The zero-order valence-electron chi connectivity index (χ0n) is 12.4. The molecule has 3 amide bonds. The van der Waals surface area contributed by atoms with Gasteiger partial charge in [-0.15, -0.1) is 5.10 Å². The molecule has 9 heteroatoms. The first-order valence-corrected chi connectivity index (χ1v) is 7.40. The number of carbonyl (C=O) groups excluding carboxylic acids is 2. The van der Waals surface area contributed by atoms with Crippen molar-refractivity contribution in [2.45, 2.75) is 31.2 Å². The van der Waals surface area contributed by atoms with Crippen molar-refractivity contribution in [2.75, 3.05) is 0 Å². The summed E-state index contributed by atoms with van der Waals surface area (Å²) in [6.07, 6.45) is 0. The Bertz CT molecular complexity index is 694. The third-order valence-corrected chi connectivity index (χ3v) is 4.02. The second-order valence-electron chi connectivity index (χ2n) is 4.73. The van der Waals surface area contributed by atoms with Crippen LogP contribution in [0.15, 0.2) is 23.4 Å². The van der Waals surface area contributed by atoms with Crippen LogP contribution in [-0.4, -0.2) is 37.4 Å². The third kappa shape index (κ3) is 3.42. The molecule has 1 aromatic heterocycles. The van der Waals surface area contributed by atoms with Gasteiger partial charge in [-0.1, -0.05) is 30.0 Å². The van der Waals surface area contributed by atoms with E-state index in [2.05, 4.69) is 15.5 Å². The number of urea groups is 1. The summed E-state index contributed by atoms with van der Waals surface area (Å²) >= 11 is 1.15. The van der Waals surface area contributed by atoms with Gasteiger partial charge in [-0.2, -0.15) is 4.68 Å². The molecule has 116 valence electrons. The van der Waals surface area contributed by atoms with Crippen LogP contribution in [0.4, 0.5) is 4.79 Å². The fraction of sp³-hybridized carbons (Fsp3) is 0.308. The van der Waals surface area contributed by atoms with Crippen molar-refractivity contribution in [3.63, 3.8) is 0 Å². The number of imide groups is 1. The molecule has 0 aliphatic heterocycles. The summed E-state index contributed by atoms with van der Waals surface area (Å²) < 4.78 is 1.59. The van der Waals surface area contributed by atoms with Crippen molar-refractivity contribution in [1.29, 1.82) is 0 Å². The van der Waals surface area contributed by atoms with E-state index < -0.39 is 17.2 Å². The number of thioether (sulfide) groups is 1. The summed E-state index contributed by atoms with van der Waals surface area (Å²) in [7, 11) is 0. The first-order chi connectivity index (χ1) is 10.4. The van der Waals surface area contributed by atoms with Crippen LogP contribution >= 0.6 is 11.8 Å². The first-order valence-electron chi connectivity index (χ1n) is 6.52. The van der Waals surface area contributed by atoms with E-state index in [0.717, 1.165) is 28.6 Å². The van der Waals surface area contributed by atoms with Crippen molar-refractivity contribution in [3.8, 4) is 5.69 Å². The smallest absolute Gasteiger partial charge is 0.318 e. The van der Waals surface area contributed by atoms with Gasteiger partial charge in [0.2, 0.25) is 11.1 Å². The normalized spacial score (nSPS) is 12.0. The standard InChI is InChI=1S/C13H16N6O2S/c1-7-5-4-6-8(2)10(7)19-13(16-17-18-19)22-9(3)11(20)15-12(14)21/h4-6,9H,1-3H3,(H3,14,15,20,21)/t9-/m1/s1. The maximum absolute atomic E-state index is 11.8. The predicted molar refractivity (Wildman–Crippen MR) is 81.7 cm³/mol.